The maximum absolute atomic E-state index is 11.5. The van der Waals surface area contributed by atoms with Crippen LogP contribution < -0.4 is 5.32 Å². The van der Waals surface area contributed by atoms with Crippen molar-refractivity contribution >= 4 is 11.6 Å². The summed E-state index contributed by atoms with van der Waals surface area (Å²) in [4.78, 5) is 11.5. The lowest BCUT2D eigenvalue weighted by molar-refractivity contribution is -0.115. The Kier molecular flexibility index (Phi) is 1.91. The minimum atomic E-state index is 0.151. The van der Waals surface area contributed by atoms with Crippen LogP contribution in [0.5, 0.6) is 0 Å². The van der Waals surface area contributed by atoms with Gasteiger partial charge in [0.15, 0.2) is 0 Å². The lowest BCUT2D eigenvalue weighted by atomic mass is 9.94. The van der Waals surface area contributed by atoms with E-state index in [-0.39, 0.29) is 5.91 Å². The van der Waals surface area contributed by atoms with Gasteiger partial charge in [-0.3, -0.25) is 4.79 Å². The molecule has 1 amide bonds. The van der Waals surface area contributed by atoms with Crippen LogP contribution in [0.1, 0.15) is 54.4 Å². The molecule has 2 heteroatoms. The van der Waals surface area contributed by atoms with Crippen molar-refractivity contribution in [3.63, 3.8) is 0 Å². The predicted octanol–water partition coefficient (Wildman–Crippen LogP) is 3.10. The summed E-state index contributed by atoms with van der Waals surface area (Å²) in [5.41, 5.74) is 6.49. The molecule has 0 fully saturated rings. The minimum absolute atomic E-state index is 0.151. The summed E-state index contributed by atoms with van der Waals surface area (Å²) in [6, 6.07) is 2.29. The van der Waals surface area contributed by atoms with Crippen LogP contribution in [0.15, 0.2) is 6.07 Å². The summed E-state index contributed by atoms with van der Waals surface area (Å²) in [5.74, 6) is 1.36. The highest BCUT2D eigenvalue weighted by atomic mass is 16.1. The Bertz CT molecular complexity index is 490. The molecule has 0 bridgehead atoms. The second-order valence-electron chi connectivity index (χ2n) is 5.31. The molecule has 1 aliphatic carbocycles. The molecule has 1 heterocycles. The van der Waals surface area contributed by atoms with Gasteiger partial charge in [-0.1, -0.05) is 19.9 Å². The third-order valence-electron chi connectivity index (χ3n) is 4.06. The highest BCUT2D eigenvalue weighted by molar-refractivity contribution is 6.01. The van der Waals surface area contributed by atoms with Crippen molar-refractivity contribution < 1.29 is 4.79 Å². The number of fused-ring (bicyclic) bond motifs is 3. The molecule has 0 aromatic heterocycles. The molecule has 1 aromatic rings. The molecule has 0 spiro atoms. The van der Waals surface area contributed by atoms with Crippen molar-refractivity contribution in [3.8, 4) is 0 Å². The van der Waals surface area contributed by atoms with Gasteiger partial charge in [0.05, 0.1) is 6.42 Å². The highest BCUT2D eigenvalue weighted by Crippen LogP contribution is 2.48. The second kappa shape index (κ2) is 3.09. The molecule has 3 rings (SSSR count). The van der Waals surface area contributed by atoms with Crippen LogP contribution in [0.25, 0.3) is 0 Å². The van der Waals surface area contributed by atoms with Crippen LogP contribution in [0.4, 0.5) is 5.69 Å². The maximum atomic E-state index is 11.5. The fourth-order valence-electron chi connectivity index (χ4n) is 3.33. The molecule has 1 aromatic carbocycles. The van der Waals surface area contributed by atoms with Gasteiger partial charge in [0.2, 0.25) is 5.91 Å². The molecule has 0 unspecified atom stereocenters. The molecule has 2 atom stereocenters. The average Bonchev–Trinajstić information content (AvgIpc) is 2.69. The Balaban J connectivity index is 2.27. The summed E-state index contributed by atoms with van der Waals surface area (Å²) in [7, 11) is 0. The number of nitrogens with one attached hydrogen (secondary N) is 1. The van der Waals surface area contributed by atoms with E-state index in [0.717, 1.165) is 5.69 Å². The van der Waals surface area contributed by atoms with Crippen molar-refractivity contribution in [1.82, 2.24) is 0 Å². The molecule has 16 heavy (non-hydrogen) atoms. The zero-order chi connectivity index (χ0) is 11.4. The normalized spacial score (nSPS) is 26.6. The highest BCUT2D eigenvalue weighted by Gasteiger charge is 2.33. The molecular formula is C14H17NO. The fraction of sp³-hybridized carbons (Fsp3) is 0.500. The molecule has 0 radical (unpaired) electrons. The molecule has 0 saturated heterocycles. The number of amides is 1. The molecule has 2 aliphatic rings. The summed E-state index contributed by atoms with van der Waals surface area (Å²) >= 11 is 0. The lowest BCUT2D eigenvalue weighted by Gasteiger charge is -2.13. The van der Waals surface area contributed by atoms with Gasteiger partial charge < -0.3 is 5.32 Å². The number of carbonyl (C=O) groups is 1. The predicted molar refractivity (Wildman–Crippen MR) is 65.0 cm³/mol. The van der Waals surface area contributed by atoms with E-state index >= 15 is 0 Å². The van der Waals surface area contributed by atoms with Crippen molar-refractivity contribution in [3.05, 3.63) is 28.3 Å². The molecule has 84 valence electrons. The van der Waals surface area contributed by atoms with Crippen LogP contribution >= 0.6 is 0 Å². The number of hydrogen-bond acceptors (Lipinski definition) is 1. The van der Waals surface area contributed by atoms with Gasteiger partial charge in [0, 0.05) is 5.69 Å². The van der Waals surface area contributed by atoms with Crippen molar-refractivity contribution in [2.75, 3.05) is 5.32 Å². The Morgan fingerprint density at radius 2 is 2.06 bits per heavy atom. The quantitative estimate of drug-likeness (QED) is 0.708. The number of rotatable bonds is 0. The van der Waals surface area contributed by atoms with Crippen molar-refractivity contribution in [2.24, 2.45) is 0 Å². The number of anilines is 1. The van der Waals surface area contributed by atoms with E-state index in [9.17, 15) is 4.79 Å². The lowest BCUT2D eigenvalue weighted by Crippen LogP contribution is -2.05. The Morgan fingerprint density at radius 3 is 2.81 bits per heavy atom. The number of hydrogen-bond donors (Lipinski definition) is 1. The Labute approximate surface area is 96.1 Å². The minimum Gasteiger partial charge on any atom is -0.325 e. The molecular weight excluding hydrogens is 198 g/mol. The van der Waals surface area contributed by atoms with E-state index in [1.165, 1.54) is 28.7 Å². The standard InChI is InChI=1S/C14H17NO/c1-7-4-9(3)13-10(7)5-8(2)11-6-12(16)15-14(11)13/h5,7,9H,4,6H2,1-3H3,(H,15,16)/t7-,9+/m1/s1. The van der Waals surface area contributed by atoms with Crippen LogP contribution in [-0.2, 0) is 11.2 Å². The SMILES string of the molecule is Cc1cc2c(c3c1CC(=O)N3)[C@@H](C)C[C@H]2C. The first-order chi connectivity index (χ1) is 7.58. The average molecular weight is 215 g/mol. The monoisotopic (exact) mass is 215 g/mol. The van der Waals surface area contributed by atoms with E-state index in [2.05, 4.69) is 32.2 Å². The van der Waals surface area contributed by atoms with Gasteiger partial charge >= 0.3 is 0 Å². The van der Waals surface area contributed by atoms with Gasteiger partial charge in [0.1, 0.15) is 0 Å². The first kappa shape index (κ1) is 9.88. The van der Waals surface area contributed by atoms with E-state index in [1.54, 1.807) is 0 Å². The number of aryl methyl sites for hydroxylation is 1. The van der Waals surface area contributed by atoms with Crippen molar-refractivity contribution in [1.29, 1.82) is 0 Å². The first-order valence-corrected chi connectivity index (χ1v) is 6.04. The molecule has 1 N–H and O–H groups in total. The number of carbonyl (C=O) groups excluding carboxylic acids is 1. The summed E-state index contributed by atoms with van der Waals surface area (Å²) < 4.78 is 0. The van der Waals surface area contributed by atoms with E-state index in [4.69, 9.17) is 0 Å². The van der Waals surface area contributed by atoms with Crippen LogP contribution in [0.3, 0.4) is 0 Å². The molecule has 0 saturated carbocycles. The second-order valence-corrected chi connectivity index (χ2v) is 5.31. The third kappa shape index (κ3) is 1.16. The zero-order valence-electron chi connectivity index (χ0n) is 10.1. The fourth-order valence-corrected chi connectivity index (χ4v) is 3.33. The van der Waals surface area contributed by atoms with Crippen LogP contribution in [0, 0.1) is 6.92 Å². The Hall–Kier alpha value is -1.31. The van der Waals surface area contributed by atoms with Gasteiger partial charge in [-0.05, 0) is 47.4 Å². The van der Waals surface area contributed by atoms with E-state index < -0.39 is 0 Å². The summed E-state index contributed by atoms with van der Waals surface area (Å²) in [5, 5.41) is 3.05. The van der Waals surface area contributed by atoms with E-state index in [1.807, 2.05) is 0 Å². The maximum Gasteiger partial charge on any atom is 0.228 e. The van der Waals surface area contributed by atoms with Crippen LogP contribution in [0.2, 0.25) is 0 Å². The van der Waals surface area contributed by atoms with Gasteiger partial charge in [-0.25, -0.2) is 0 Å². The van der Waals surface area contributed by atoms with Crippen molar-refractivity contribution in [2.45, 2.75) is 45.4 Å². The summed E-state index contributed by atoms with van der Waals surface area (Å²) in [6.07, 6.45) is 1.77. The van der Waals surface area contributed by atoms with E-state index in [0.29, 0.717) is 18.3 Å². The topological polar surface area (TPSA) is 29.1 Å². The first-order valence-electron chi connectivity index (χ1n) is 6.04. The van der Waals surface area contributed by atoms with Gasteiger partial charge in [0.25, 0.3) is 0 Å². The number of benzene rings is 1. The van der Waals surface area contributed by atoms with Gasteiger partial charge in [-0.2, -0.15) is 0 Å². The van der Waals surface area contributed by atoms with Crippen LogP contribution in [-0.4, -0.2) is 5.91 Å². The molecule has 2 nitrogen and oxygen atoms in total. The molecule has 1 aliphatic heterocycles. The smallest absolute Gasteiger partial charge is 0.228 e. The summed E-state index contributed by atoms with van der Waals surface area (Å²) in [6.45, 7) is 6.67. The zero-order valence-corrected chi connectivity index (χ0v) is 10.1. The largest absolute Gasteiger partial charge is 0.325 e. The van der Waals surface area contributed by atoms with Gasteiger partial charge in [-0.15, -0.1) is 0 Å². The Morgan fingerprint density at radius 1 is 1.31 bits per heavy atom. The third-order valence-corrected chi connectivity index (χ3v) is 4.06.